The molecular weight excluding hydrogens is 160 g/mol. The van der Waals surface area contributed by atoms with Crippen molar-refractivity contribution in [2.45, 2.75) is 24.6 Å². The van der Waals surface area contributed by atoms with E-state index in [1.807, 2.05) is 13.2 Å². The fraction of sp³-hybridized carbons (Fsp3) is 0.571. The van der Waals surface area contributed by atoms with Gasteiger partial charge in [0.2, 0.25) is 0 Å². The van der Waals surface area contributed by atoms with Gasteiger partial charge in [-0.25, -0.2) is 4.98 Å². The highest BCUT2D eigenvalue weighted by Gasteiger charge is 2.08. The summed E-state index contributed by atoms with van der Waals surface area (Å²) in [5, 5.41) is 0.684. The highest BCUT2D eigenvalue weighted by atomic mass is 32.2. The molecule has 4 heteroatoms. The first-order chi connectivity index (χ1) is 5.27. The predicted molar refractivity (Wildman–Crippen MR) is 45.5 cm³/mol. The summed E-state index contributed by atoms with van der Waals surface area (Å²) in [5.74, 6) is 0. The second-order valence-corrected chi connectivity index (χ2v) is 3.01. The molecule has 0 amide bonds. The summed E-state index contributed by atoms with van der Waals surface area (Å²) in [4.78, 5) is 4.17. The molecule has 1 unspecified atom stereocenters. The Morgan fingerprint density at radius 1 is 1.82 bits per heavy atom. The number of nitrogens with two attached hydrogens (primary N) is 1. The maximum absolute atomic E-state index is 5.73. The largest absolute Gasteiger partial charge is 0.440 e. The Balaban J connectivity index is 2.71. The number of thioether (sulfide) groups is 1. The number of aromatic nitrogens is 1. The summed E-state index contributed by atoms with van der Waals surface area (Å²) >= 11 is 1.48. The first kappa shape index (κ1) is 8.62. The summed E-state index contributed by atoms with van der Waals surface area (Å²) in [7, 11) is 0. The van der Waals surface area contributed by atoms with Crippen LogP contribution in [0.1, 0.15) is 25.1 Å². The van der Waals surface area contributed by atoms with E-state index in [4.69, 9.17) is 10.2 Å². The van der Waals surface area contributed by atoms with Crippen LogP contribution in [0.3, 0.4) is 0 Å². The van der Waals surface area contributed by atoms with Gasteiger partial charge in [0.15, 0.2) is 0 Å². The maximum atomic E-state index is 5.73. The molecule has 1 aromatic rings. The molecule has 0 radical (unpaired) electrons. The minimum Gasteiger partial charge on any atom is -0.440 e. The average Bonchev–Trinajstić information content (AvgIpc) is 2.50. The first-order valence-electron chi connectivity index (χ1n) is 3.53. The monoisotopic (exact) mass is 172 g/mol. The molecule has 0 aliphatic rings. The Hall–Kier alpha value is -0.480. The normalized spacial score (nSPS) is 13.4. The Labute approximate surface area is 70.4 Å². The quantitative estimate of drug-likeness (QED) is 0.706. The average molecular weight is 172 g/mol. The molecule has 0 saturated heterocycles. The molecular formula is C7H12N2OS. The zero-order chi connectivity index (χ0) is 8.27. The minimum atomic E-state index is 0.0136. The molecule has 0 aliphatic carbocycles. The highest BCUT2D eigenvalue weighted by Crippen LogP contribution is 2.18. The standard InChI is InChI=1S/C7H12N2OS/c1-3-5(8)6-4-10-7(9-6)11-2/h4-5H,3,8H2,1-2H3. The molecule has 3 nitrogen and oxygen atoms in total. The van der Waals surface area contributed by atoms with Gasteiger partial charge in [0, 0.05) is 0 Å². The number of hydrogen-bond acceptors (Lipinski definition) is 4. The van der Waals surface area contributed by atoms with Gasteiger partial charge in [0.25, 0.3) is 5.22 Å². The first-order valence-corrected chi connectivity index (χ1v) is 4.75. The van der Waals surface area contributed by atoms with Crippen LogP contribution >= 0.6 is 11.8 Å². The van der Waals surface area contributed by atoms with E-state index >= 15 is 0 Å². The Kier molecular flexibility index (Phi) is 2.96. The van der Waals surface area contributed by atoms with Crippen molar-refractivity contribution in [3.63, 3.8) is 0 Å². The Morgan fingerprint density at radius 3 is 3.00 bits per heavy atom. The second-order valence-electron chi connectivity index (χ2n) is 2.26. The molecule has 0 spiro atoms. The van der Waals surface area contributed by atoms with Crippen LogP contribution in [-0.2, 0) is 0 Å². The molecule has 11 heavy (non-hydrogen) atoms. The van der Waals surface area contributed by atoms with Crippen molar-refractivity contribution in [1.29, 1.82) is 0 Å². The predicted octanol–water partition coefficient (Wildman–Crippen LogP) is 1.81. The number of oxazole rings is 1. The van der Waals surface area contributed by atoms with Crippen LogP contribution in [0.5, 0.6) is 0 Å². The number of nitrogens with zero attached hydrogens (tertiary/aromatic N) is 1. The van der Waals surface area contributed by atoms with Gasteiger partial charge in [-0.05, 0) is 12.7 Å². The van der Waals surface area contributed by atoms with Gasteiger partial charge in [-0.15, -0.1) is 0 Å². The van der Waals surface area contributed by atoms with Crippen LogP contribution in [0.15, 0.2) is 15.9 Å². The molecule has 1 atom stereocenters. The van der Waals surface area contributed by atoms with Gasteiger partial charge in [0.05, 0.1) is 11.7 Å². The van der Waals surface area contributed by atoms with Crippen molar-refractivity contribution in [1.82, 2.24) is 4.98 Å². The zero-order valence-corrected chi connectivity index (χ0v) is 7.52. The summed E-state index contributed by atoms with van der Waals surface area (Å²) < 4.78 is 5.11. The van der Waals surface area contributed by atoms with E-state index in [2.05, 4.69) is 4.98 Å². The molecule has 0 aliphatic heterocycles. The summed E-state index contributed by atoms with van der Waals surface area (Å²) in [6, 6.07) is 0.0136. The molecule has 1 aromatic heterocycles. The Bertz CT molecular complexity index is 224. The molecule has 2 N–H and O–H groups in total. The van der Waals surface area contributed by atoms with Crippen molar-refractivity contribution in [3.05, 3.63) is 12.0 Å². The van der Waals surface area contributed by atoms with Gasteiger partial charge in [-0.3, -0.25) is 0 Å². The van der Waals surface area contributed by atoms with Crippen molar-refractivity contribution in [2.75, 3.05) is 6.26 Å². The van der Waals surface area contributed by atoms with Crippen LogP contribution in [0.4, 0.5) is 0 Å². The van der Waals surface area contributed by atoms with Crippen molar-refractivity contribution >= 4 is 11.8 Å². The number of hydrogen-bond donors (Lipinski definition) is 1. The van der Waals surface area contributed by atoms with Gasteiger partial charge >= 0.3 is 0 Å². The fourth-order valence-corrected chi connectivity index (χ4v) is 1.08. The Morgan fingerprint density at radius 2 is 2.55 bits per heavy atom. The van der Waals surface area contributed by atoms with Gasteiger partial charge in [-0.2, -0.15) is 0 Å². The third-order valence-corrected chi connectivity index (χ3v) is 2.03. The third kappa shape index (κ3) is 1.97. The van der Waals surface area contributed by atoms with Crippen LogP contribution in [-0.4, -0.2) is 11.2 Å². The molecule has 0 saturated carbocycles. The van der Waals surface area contributed by atoms with E-state index in [9.17, 15) is 0 Å². The molecule has 0 fully saturated rings. The van der Waals surface area contributed by atoms with E-state index in [0.29, 0.717) is 5.22 Å². The third-order valence-electron chi connectivity index (χ3n) is 1.50. The lowest BCUT2D eigenvalue weighted by Crippen LogP contribution is -2.08. The van der Waals surface area contributed by atoms with Crippen LogP contribution in [0.25, 0.3) is 0 Å². The molecule has 0 aromatic carbocycles. The summed E-state index contributed by atoms with van der Waals surface area (Å²) in [6.45, 7) is 2.03. The van der Waals surface area contributed by atoms with Crippen LogP contribution < -0.4 is 5.73 Å². The lowest BCUT2D eigenvalue weighted by atomic mass is 10.2. The zero-order valence-electron chi connectivity index (χ0n) is 6.70. The SMILES string of the molecule is CCC(N)c1coc(SC)n1. The smallest absolute Gasteiger partial charge is 0.255 e. The summed E-state index contributed by atoms with van der Waals surface area (Å²) in [6.07, 6.45) is 4.44. The van der Waals surface area contributed by atoms with Crippen LogP contribution in [0, 0.1) is 0 Å². The fourth-order valence-electron chi connectivity index (χ4n) is 0.742. The van der Waals surface area contributed by atoms with E-state index < -0.39 is 0 Å². The number of rotatable bonds is 3. The lowest BCUT2D eigenvalue weighted by molar-refractivity contribution is 0.454. The lowest BCUT2D eigenvalue weighted by Gasteiger charge is -2.00. The second kappa shape index (κ2) is 3.78. The topological polar surface area (TPSA) is 52.0 Å². The van der Waals surface area contributed by atoms with E-state index in [1.165, 1.54) is 11.8 Å². The molecule has 0 bridgehead atoms. The molecule has 1 rings (SSSR count). The minimum absolute atomic E-state index is 0.0136. The van der Waals surface area contributed by atoms with Crippen molar-refractivity contribution in [2.24, 2.45) is 5.73 Å². The maximum Gasteiger partial charge on any atom is 0.255 e. The molecule has 1 heterocycles. The highest BCUT2D eigenvalue weighted by molar-refractivity contribution is 7.98. The van der Waals surface area contributed by atoms with E-state index in [1.54, 1.807) is 6.26 Å². The van der Waals surface area contributed by atoms with Crippen molar-refractivity contribution in [3.8, 4) is 0 Å². The van der Waals surface area contributed by atoms with Gasteiger partial charge < -0.3 is 10.2 Å². The van der Waals surface area contributed by atoms with E-state index in [0.717, 1.165) is 12.1 Å². The van der Waals surface area contributed by atoms with E-state index in [-0.39, 0.29) is 6.04 Å². The summed E-state index contributed by atoms with van der Waals surface area (Å²) in [5.41, 5.74) is 6.57. The van der Waals surface area contributed by atoms with Gasteiger partial charge in [0.1, 0.15) is 6.26 Å². The van der Waals surface area contributed by atoms with Crippen LogP contribution in [0.2, 0.25) is 0 Å². The van der Waals surface area contributed by atoms with Gasteiger partial charge in [-0.1, -0.05) is 18.7 Å². The molecule has 62 valence electrons. The van der Waals surface area contributed by atoms with Crippen molar-refractivity contribution < 1.29 is 4.42 Å².